The van der Waals surface area contributed by atoms with Crippen molar-refractivity contribution in [1.82, 2.24) is 5.32 Å². The maximum Gasteiger partial charge on any atom is 0.311 e. The Morgan fingerprint density at radius 1 is 1.31 bits per heavy atom. The topological polar surface area (TPSA) is 93.5 Å². The molecule has 0 saturated heterocycles. The third-order valence-corrected chi connectivity index (χ3v) is 4.19. The van der Waals surface area contributed by atoms with Crippen molar-refractivity contribution in [3.63, 3.8) is 0 Å². The number of nitro benzene ring substituents is 1. The van der Waals surface area contributed by atoms with Crippen LogP contribution in [0.4, 0.5) is 11.4 Å². The summed E-state index contributed by atoms with van der Waals surface area (Å²) in [5.41, 5.74) is 1.92. The number of ether oxygens (including phenoxy) is 1. The summed E-state index contributed by atoms with van der Waals surface area (Å²) in [6, 6.07) is 10.2. The molecule has 1 amide bonds. The number of anilines is 1. The number of hydrogen-bond donors (Lipinski definition) is 2. The number of amides is 1. The maximum absolute atomic E-state index is 12.2. The minimum Gasteiger partial charge on any atom is -0.490 e. The van der Waals surface area contributed by atoms with Gasteiger partial charge < -0.3 is 15.4 Å². The molecule has 0 fully saturated rings. The molecule has 138 valence electrons. The first kappa shape index (κ1) is 19.7. The Kier molecular flexibility index (Phi) is 6.54. The van der Waals surface area contributed by atoms with Gasteiger partial charge in [-0.2, -0.15) is 0 Å². The molecular formula is C18H20ClN3O4. The summed E-state index contributed by atoms with van der Waals surface area (Å²) in [6.45, 7) is 3.71. The van der Waals surface area contributed by atoms with Crippen LogP contribution in [0.3, 0.4) is 0 Å². The Balaban J connectivity index is 2.01. The van der Waals surface area contributed by atoms with Crippen molar-refractivity contribution in [3.05, 3.63) is 62.7 Å². The van der Waals surface area contributed by atoms with Gasteiger partial charge in [-0.05, 0) is 37.1 Å². The van der Waals surface area contributed by atoms with Gasteiger partial charge in [0.25, 0.3) is 0 Å². The van der Waals surface area contributed by atoms with Crippen LogP contribution in [-0.4, -0.2) is 24.5 Å². The molecule has 0 aliphatic carbocycles. The molecule has 0 saturated carbocycles. The molecule has 0 aliphatic rings. The fourth-order valence-corrected chi connectivity index (χ4v) is 2.55. The number of halogens is 1. The van der Waals surface area contributed by atoms with Crippen molar-refractivity contribution in [2.45, 2.75) is 19.9 Å². The summed E-state index contributed by atoms with van der Waals surface area (Å²) in [7, 11) is 1.35. The van der Waals surface area contributed by atoms with E-state index in [1.165, 1.54) is 19.2 Å². The number of carbonyl (C=O) groups excluding carboxylic acids is 1. The second-order valence-corrected chi connectivity index (χ2v) is 6.23. The van der Waals surface area contributed by atoms with Crippen LogP contribution in [0.15, 0.2) is 36.4 Å². The lowest BCUT2D eigenvalue weighted by Crippen LogP contribution is -2.30. The summed E-state index contributed by atoms with van der Waals surface area (Å²) >= 11 is 5.87. The van der Waals surface area contributed by atoms with Crippen LogP contribution in [0.5, 0.6) is 5.75 Å². The number of rotatable bonds is 7. The van der Waals surface area contributed by atoms with Crippen molar-refractivity contribution in [2.24, 2.45) is 0 Å². The second-order valence-electron chi connectivity index (χ2n) is 5.80. The van der Waals surface area contributed by atoms with E-state index in [2.05, 4.69) is 10.6 Å². The molecule has 26 heavy (non-hydrogen) atoms. The highest BCUT2D eigenvalue weighted by Crippen LogP contribution is 2.32. The molecule has 7 nitrogen and oxygen atoms in total. The summed E-state index contributed by atoms with van der Waals surface area (Å²) in [6.07, 6.45) is 0. The number of methoxy groups -OCH3 is 1. The fraction of sp³-hybridized carbons (Fsp3) is 0.278. The predicted molar refractivity (Wildman–Crippen MR) is 101 cm³/mol. The van der Waals surface area contributed by atoms with E-state index in [1.54, 1.807) is 19.1 Å². The molecule has 0 bridgehead atoms. The zero-order chi connectivity index (χ0) is 19.3. The number of carbonyl (C=O) groups is 1. The number of nitro groups is 1. The highest BCUT2D eigenvalue weighted by Gasteiger charge is 2.18. The van der Waals surface area contributed by atoms with Crippen molar-refractivity contribution in [1.29, 1.82) is 0 Å². The average molecular weight is 378 g/mol. The molecule has 2 rings (SSSR count). The van der Waals surface area contributed by atoms with Gasteiger partial charge in [-0.15, -0.1) is 0 Å². The van der Waals surface area contributed by atoms with Gasteiger partial charge in [-0.1, -0.05) is 23.7 Å². The van der Waals surface area contributed by atoms with E-state index in [0.29, 0.717) is 16.3 Å². The van der Waals surface area contributed by atoms with Crippen molar-refractivity contribution in [2.75, 3.05) is 19.0 Å². The maximum atomic E-state index is 12.2. The van der Waals surface area contributed by atoms with Crippen LogP contribution in [-0.2, 0) is 4.79 Å². The number of nitrogens with one attached hydrogen (secondary N) is 2. The van der Waals surface area contributed by atoms with Crippen LogP contribution in [0.25, 0.3) is 0 Å². The van der Waals surface area contributed by atoms with Gasteiger partial charge >= 0.3 is 5.69 Å². The predicted octanol–water partition coefficient (Wildman–Crippen LogP) is 3.85. The quantitative estimate of drug-likeness (QED) is 0.564. The molecule has 0 unspecified atom stereocenters. The van der Waals surface area contributed by atoms with Crippen molar-refractivity contribution in [3.8, 4) is 5.75 Å². The van der Waals surface area contributed by atoms with Crippen molar-refractivity contribution >= 4 is 28.9 Å². The molecule has 2 aromatic rings. The first-order chi connectivity index (χ1) is 12.3. The molecular weight excluding hydrogens is 358 g/mol. The minimum atomic E-state index is -0.521. The molecule has 0 spiro atoms. The molecule has 0 radical (unpaired) electrons. The zero-order valence-electron chi connectivity index (χ0n) is 14.7. The van der Waals surface area contributed by atoms with Crippen LogP contribution in [0.2, 0.25) is 5.02 Å². The molecule has 0 heterocycles. The van der Waals surface area contributed by atoms with E-state index >= 15 is 0 Å². The average Bonchev–Trinajstić information content (AvgIpc) is 2.61. The summed E-state index contributed by atoms with van der Waals surface area (Å²) in [5, 5.41) is 17.5. The van der Waals surface area contributed by atoms with Gasteiger partial charge in [0.2, 0.25) is 5.91 Å². The molecule has 2 aromatic carbocycles. The highest BCUT2D eigenvalue weighted by molar-refractivity contribution is 6.30. The monoisotopic (exact) mass is 377 g/mol. The van der Waals surface area contributed by atoms with Crippen LogP contribution in [0, 0.1) is 17.0 Å². The Morgan fingerprint density at radius 2 is 1.96 bits per heavy atom. The molecule has 1 atom stereocenters. The normalized spacial score (nSPS) is 11.7. The van der Waals surface area contributed by atoms with Gasteiger partial charge in [0.1, 0.15) is 0 Å². The smallest absolute Gasteiger partial charge is 0.311 e. The summed E-state index contributed by atoms with van der Waals surface area (Å²) in [5.74, 6) is -0.164. The number of nitrogens with zero attached hydrogens (tertiary/aromatic N) is 1. The number of hydrogen-bond acceptors (Lipinski definition) is 5. The molecule has 8 heteroatoms. The Hall–Kier alpha value is -2.64. The largest absolute Gasteiger partial charge is 0.490 e. The van der Waals surface area contributed by atoms with Gasteiger partial charge in [-0.25, -0.2) is 0 Å². The standard InChI is InChI=1S/C18H20ClN3O4/c1-11-8-16(22(24)25)17(26-3)9-15(11)21-18(23)10-20-12(2)13-4-6-14(19)7-5-13/h4-9,12,20H,10H2,1-3H3,(H,21,23)/t12-/m0/s1. The lowest BCUT2D eigenvalue weighted by Gasteiger charge is -2.15. The molecule has 0 aliphatic heterocycles. The van der Waals surface area contributed by atoms with Crippen LogP contribution >= 0.6 is 11.6 Å². The van der Waals surface area contributed by atoms with Crippen LogP contribution in [0.1, 0.15) is 24.1 Å². The Morgan fingerprint density at radius 3 is 2.54 bits per heavy atom. The Bertz CT molecular complexity index is 809. The third kappa shape index (κ3) is 4.93. The summed E-state index contributed by atoms with van der Waals surface area (Å²) < 4.78 is 5.03. The first-order valence-corrected chi connectivity index (χ1v) is 8.31. The van der Waals surface area contributed by atoms with Crippen molar-refractivity contribution < 1.29 is 14.5 Å². The fourth-order valence-electron chi connectivity index (χ4n) is 2.42. The molecule has 0 aromatic heterocycles. The van der Waals surface area contributed by atoms with Gasteiger partial charge in [0, 0.05) is 28.9 Å². The first-order valence-electron chi connectivity index (χ1n) is 7.93. The Labute approximate surface area is 156 Å². The molecule has 2 N–H and O–H groups in total. The van der Waals surface area contributed by atoms with E-state index in [4.69, 9.17) is 16.3 Å². The van der Waals surface area contributed by atoms with Gasteiger partial charge in [0.15, 0.2) is 5.75 Å². The zero-order valence-corrected chi connectivity index (χ0v) is 15.5. The second kappa shape index (κ2) is 8.64. The summed E-state index contributed by atoms with van der Waals surface area (Å²) in [4.78, 5) is 22.7. The van der Waals surface area contributed by atoms with E-state index in [0.717, 1.165) is 5.56 Å². The van der Waals surface area contributed by atoms with Gasteiger partial charge in [0.05, 0.1) is 18.6 Å². The number of benzene rings is 2. The lowest BCUT2D eigenvalue weighted by atomic mass is 10.1. The van der Waals surface area contributed by atoms with E-state index in [1.807, 2.05) is 19.1 Å². The highest BCUT2D eigenvalue weighted by atomic mass is 35.5. The SMILES string of the molecule is COc1cc(NC(=O)CN[C@@H](C)c2ccc(Cl)cc2)c(C)cc1[N+](=O)[O-]. The lowest BCUT2D eigenvalue weighted by molar-refractivity contribution is -0.385. The van der Waals surface area contributed by atoms with E-state index in [-0.39, 0.29) is 29.9 Å². The van der Waals surface area contributed by atoms with Gasteiger partial charge in [-0.3, -0.25) is 14.9 Å². The van der Waals surface area contributed by atoms with E-state index < -0.39 is 4.92 Å². The third-order valence-electron chi connectivity index (χ3n) is 3.94. The van der Waals surface area contributed by atoms with E-state index in [9.17, 15) is 14.9 Å². The van der Waals surface area contributed by atoms with Crippen LogP contribution < -0.4 is 15.4 Å². The number of aryl methyl sites for hydroxylation is 1. The minimum absolute atomic E-state index is 0.0366.